The first-order valence-corrected chi connectivity index (χ1v) is 8.18. The van der Waals surface area contributed by atoms with Crippen molar-refractivity contribution in [3.8, 4) is 0 Å². The molecule has 0 aromatic heterocycles. The molecule has 0 radical (unpaired) electrons. The molecule has 22 heavy (non-hydrogen) atoms. The fraction of sp³-hybridized carbons (Fsp3) is 0.500. The van der Waals surface area contributed by atoms with E-state index in [9.17, 15) is 9.59 Å². The molecule has 1 aromatic rings. The van der Waals surface area contributed by atoms with E-state index in [1.165, 1.54) is 5.56 Å². The zero-order chi connectivity index (χ0) is 16.1. The summed E-state index contributed by atoms with van der Waals surface area (Å²) >= 11 is 3.40. The predicted octanol–water partition coefficient (Wildman–Crippen LogP) is 2.52. The Kier molecular flexibility index (Phi) is 5.97. The van der Waals surface area contributed by atoms with Crippen LogP contribution >= 0.6 is 15.9 Å². The van der Waals surface area contributed by atoms with Crippen LogP contribution in [0.15, 0.2) is 28.7 Å². The Morgan fingerprint density at radius 2 is 1.95 bits per heavy atom. The van der Waals surface area contributed by atoms with Crippen LogP contribution < -0.4 is 5.32 Å². The summed E-state index contributed by atoms with van der Waals surface area (Å²) in [5, 5.41) is 11.8. The van der Waals surface area contributed by atoms with Crippen LogP contribution in [0.2, 0.25) is 0 Å². The molecular weight excluding hydrogens is 350 g/mol. The second-order valence-electron chi connectivity index (χ2n) is 5.60. The lowest BCUT2D eigenvalue weighted by atomic mass is 10.1. The molecule has 0 bridgehead atoms. The Bertz CT molecular complexity index is 531. The molecule has 1 amide bonds. The van der Waals surface area contributed by atoms with Gasteiger partial charge >= 0.3 is 5.97 Å². The van der Waals surface area contributed by atoms with Gasteiger partial charge in [-0.05, 0) is 50.3 Å². The first kappa shape index (κ1) is 17.0. The topological polar surface area (TPSA) is 75.6 Å². The number of hydrogen-bond acceptors (Lipinski definition) is 3. The average Bonchev–Trinajstić information content (AvgIpc) is 2.97. The zero-order valence-electron chi connectivity index (χ0n) is 12.4. The SMILES string of the molecule is CC(CCc1ccc(Br)cc1)NC(=O)[C@@H]1CC[C@H](C(=O)O)O1. The maximum atomic E-state index is 12.0. The molecule has 5 nitrogen and oxygen atoms in total. The van der Waals surface area contributed by atoms with E-state index in [1.807, 2.05) is 19.1 Å². The summed E-state index contributed by atoms with van der Waals surface area (Å²) < 4.78 is 6.29. The molecule has 1 unspecified atom stereocenters. The minimum Gasteiger partial charge on any atom is -0.479 e. The van der Waals surface area contributed by atoms with Crippen molar-refractivity contribution in [3.63, 3.8) is 0 Å². The second-order valence-corrected chi connectivity index (χ2v) is 6.52. The van der Waals surface area contributed by atoms with E-state index in [0.717, 1.165) is 17.3 Å². The van der Waals surface area contributed by atoms with E-state index in [4.69, 9.17) is 9.84 Å². The van der Waals surface area contributed by atoms with Gasteiger partial charge in [-0.1, -0.05) is 28.1 Å². The van der Waals surface area contributed by atoms with Gasteiger partial charge in [-0.3, -0.25) is 4.79 Å². The van der Waals surface area contributed by atoms with Crippen LogP contribution in [0.4, 0.5) is 0 Å². The van der Waals surface area contributed by atoms with Crippen molar-refractivity contribution in [2.45, 2.75) is 50.9 Å². The van der Waals surface area contributed by atoms with E-state index >= 15 is 0 Å². The lowest BCUT2D eigenvalue weighted by molar-refractivity contribution is -0.151. The van der Waals surface area contributed by atoms with Gasteiger partial charge in [0.1, 0.15) is 6.10 Å². The van der Waals surface area contributed by atoms with Crippen LogP contribution in [0.1, 0.15) is 31.7 Å². The van der Waals surface area contributed by atoms with Crippen LogP contribution in [-0.4, -0.2) is 35.2 Å². The Morgan fingerprint density at radius 1 is 1.32 bits per heavy atom. The summed E-state index contributed by atoms with van der Waals surface area (Å²) in [5.74, 6) is -1.22. The fourth-order valence-corrected chi connectivity index (χ4v) is 2.72. The minimum atomic E-state index is -1.00. The molecule has 0 spiro atoms. The summed E-state index contributed by atoms with van der Waals surface area (Å²) in [7, 11) is 0. The van der Waals surface area contributed by atoms with Crippen LogP contribution in [-0.2, 0) is 20.7 Å². The Hall–Kier alpha value is -1.40. The van der Waals surface area contributed by atoms with Crippen LogP contribution in [0, 0.1) is 0 Å². The molecule has 1 aromatic carbocycles. The molecular formula is C16H20BrNO4. The number of ether oxygens (including phenoxy) is 1. The highest BCUT2D eigenvalue weighted by molar-refractivity contribution is 9.10. The number of carbonyl (C=O) groups is 2. The summed E-state index contributed by atoms with van der Waals surface area (Å²) in [6.07, 6.45) is 1.05. The minimum absolute atomic E-state index is 0.0172. The molecule has 0 saturated carbocycles. The van der Waals surface area contributed by atoms with Gasteiger partial charge in [-0.2, -0.15) is 0 Å². The van der Waals surface area contributed by atoms with Crippen molar-refractivity contribution < 1.29 is 19.4 Å². The lowest BCUT2D eigenvalue weighted by Crippen LogP contribution is -2.40. The first-order valence-electron chi connectivity index (χ1n) is 7.39. The van der Waals surface area contributed by atoms with Crippen LogP contribution in [0.3, 0.4) is 0 Å². The normalized spacial score (nSPS) is 22.3. The second kappa shape index (κ2) is 7.74. The molecule has 120 valence electrons. The van der Waals surface area contributed by atoms with Crippen molar-refractivity contribution >= 4 is 27.8 Å². The van der Waals surface area contributed by atoms with E-state index in [-0.39, 0.29) is 11.9 Å². The number of aryl methyl sites for hydroxylation is 1. The number of carboxylic acids is 1. The molecule has 1 saturated heterocycles. The van der Waals surface area contributed by atoms with Crippen LogP contribution in [0.25, 0.3) is 0 Å². The van der Waals surface area contributed by atoms with Crippen molar-refractivity contribution in [3.05, 3.63) is 34.3 Å². The van der Waals surface area contributed by atoms with Crippen LogP contribution in [0.5, 0.6) is 0 Å². The highest BCUT2D eigenvalue weighted by Gasteiger charge is 2.34. The van der Waals surface area contributed by atoms with Gasteiger partial charge < -0.3 is 15.2 Å². The highest BCUT2D eigenvalue weighted by Crippen LogP contribution is 2.20. The van der Waals surface area contributed by atoms with E-state index in [2.05, 4.69) is 33.4 Å². The predicted molar refractivity (Wildman–Crippen MR) is 85.6 cm³/mol. The smallest absolute Gasteiger partial charge is 0.332 e. The van der Waals surface area contributed by atoms with E-state index in [0.29, 0.717) is 12.8 Å². The quantitative estimate of drug-likeness (QED) is 0.807. The monoisotopic (exact) mass is 369 g/mol. The number of carboxylic acid groups (broad SMARTS) is 1. The molecule has 2 N–H and O–H groups in total. The first-order chi connectivity index (χ1) is 10.5. The summed E-state index contributed by atoms with van der Waals surface area (Å²) in [6, 6.07) is 8.11. The zero-order valence-corrected chi connectivity index (χ0v) is 14.0. The third kappa shape index (κ3) is 4.81. The lowest BCUT2D eigenvalue weighted by Gasteiger charge is -2.17. The molecule has 6 heteroatoms. The van der Waals surface area contributed by atoms with Crippen molar-refractivity contribution in [1.82, 2.24) is 5.32 Å². The van der Waals surface area contributed by atoms with Crippen molar-refractivity contribution in [1.29, 1.82) is 0 Å². The third-order valence-corrected chi connectivity index (χ3v) is 4.28. The van der Waals surface area contributed by atoms with E-state index < -0.39 is 18.2 Å². The molecule has 1 aliphatic rings. The average molecular weight is 370 g/mol. The number of carbonyl (C=O) groups excluding carboxylic acids is 1. The van der Waals surface area contributed by atoms with Gasteiger partial charge in [0.05, 0.1) is 0 Å². The Balaban J connectivity index is 1.74. The number of halogens is 1. The number of rotatable bonds is 6. The number of aliphatic carboxylic acids is 1. The van der Waals surface area contributed by atoms with Gasteiger partial charge in [-0.25, -0.2) is 4.79 Å². The van der Waals surface area contributed by atoms with Crippen molar-refractivity contribution in [2.24, 2.45) is 0 Å². The largest absolute Gasteiger partial charge is 0.479 e. The van der Waals surface area contributed by atoms with Gasteiger partial charge in [-0.15, -0.1) is 0 Å². The number of benzene rings is 1. The van der Waals surface area contributed by atoms with Gasteiger partial charge in [0.15, 0.2) is 6.10 Å². The molecule has 1 heterocycles. The van der Waals surface area contributed by atoms with Gasteiger partial charge in [0.2, 0.25) is 5.91 Å². The standard InChI is InChI=1S/C16H20BrNO4/c1-10(2-3-11-4-6-12(17)7-5-11)18-15(19)13-8-9-14(22-13)16(20)21/h4-7,10,13-14H,2-3,8-9H2,1H3,(H,18,19)(H,20,21)/t10?,13-,14+/m0/s1. The fourth-order valence-electron chi connectivity index (χ4n) is 2.45. The van der Waals surface area contributed by atoms with Gasteiger partial charge in [0, 0.05) is 10.5 Å². The number of nitrogens with one attached hydrogen (secondary N) is 1. The van der Waals surface area contributed by atoms with Gasteiger partial charge in [0.25, 0.3) is 0 Å². The molecule has 1 fully saturated rings. The molecule has 0 aliphatic carbocycles. The number of hydrogen-bond donors (Lipinski definition) is 2. The Morgan fingerprint density at radius 3 is 2.55 bits per heavy atom. The number of amides is 1. The highest BCUT2D eigenvalue weighted by atomic mass is 79.9. The third-order valence-electron chi connectivity index (χ3n) is 3.76. The van der Waals surface area contributed by atoms with E-state index in [1.54, 1.807) is 0 Å². The maximum Gasteiger partial charge on any atom is 0.332 e. The molecule has 2 rings (SSSR count). The summed E-state index contributed by atoms with van der Waals surface area (Å²) in [6.45, 7) is 1.94. The van der Waals surface area contributed by atoms with Crippen molar-refractivity contribution in [2.75, 3.05) is 0 Å². The summed E-state index contributed by atoms with van der Waals surface area (Å²) in [5.41, 5.74) is 1.22. The molecule has 3 atom stereocenters. The Labute approximate surface area is 138 Å². The summed E-state index contributed by atoms with van der Waals surface area (Å²) in [4.78, 5) is 22.9. The molecule has 1 aliphatic heterocycles. The maximum absolute atomic E-state index is 12.0.